The van der Waals surface area contributed by atoms with Gasteiger partial charge in [-0.3, -0.25) is 4.79 Å². The van der Waals surface area contributed by atoms with Gasteiger partial charge in [0.25, 0.3) is 0 Å². The Balaban J connectivity index is 1.95. The van der Waals surface area contributed by atoms with Gasteiger partial charge in [0.2, 0.25) is 0 Å². The van der Waals surface area contributed by atoms with Crippen molar-refractivity contribution in [1.29, 1.82) is 0 Å². The minimum atomic E-state index is 0.494. The number of hydrogen-bond donors (Lipinski definition) is 0. The highest BCUT2D eigenvalue weighted by Gasteiger charge is 2.55. The molecular weight excluding hydrogens is 256 g/mol. The zero-order chi connectivity index (χ0) is 15.3. The van der Waals surface area contributed by atoms with E-state index in [2.05, 4.69) is 33.8 Å². The SMILES string of the molecule is CC1CC(C=O)=CCC2C1CCC1C(C)(C)CCCC21C. The summed E-state index contributed by atoms with van der Waals surface area (Å²) < 4.78 is 0. The summed E-state index contributed by atoms with van der Waals surface area (Å²) in [6, 6.07) is 0. The van der Waals surface area contributed by atoms with Gasteiger partial charge in [-0.25, -0.2) is 0 Å². The van der Waals surface area contributed by atoms with E-state index in [1.807, 2.05) is 0 Å². The van der Waals surface area contributed by atoms with Crippen molar-refractivity contribution in [2.75, 3.05) is 0 Å². The van der Waals surface area contributed by atoms with Gasteiger partial charge in [-0.2, -0.15) is 0 Å². The lowest BCUT2D eigenvalue weighted by Crippen LogP contribution is -2.52. The smallest absolute Gasteiger partial charge is 0.145 e. The summed E-state index contributed by atoms with van der Waals surface area (Å²) in [5.41, 5.74) is 2.06. The van der Waals surface area contributed by atoms with E-state index >= 15 is 0 Å². The molecule has 0 aromatic carbocycles. The summed E-state index contributed by atoms with van der Waals surface area (Å²) in [6.45, 7) is 9.98. The molecule has 0 spiro atoms. The van der Waals surface area contributed by atoms with Crippen molar-refractivity contribution >= 4 is 6.29 Å². The van der Waals surface area contributed by atoms with Crippen LogP contribution in [0.3, 0.4) is 0 Å². The summed E-state index contributed by atoms with van der Waals surface area (Å²) in [5.74, 6) is 3.17. The van der Waals surface area contributed by atoms with Crippen LogP contribution in [0.1, 0.15) is 72.6 Å². The average molecular weight is 288 g/mol. The standard InChI is InChI=1S/C20H32O/c1-14-12-15(13-21)6-8-17-16(14)7-9-18-19(2,3)10-5-11-20(17,18)4/h6,13-14,16-18H,5,7-12H2,1-4H3. The number of aldehydes is 1. The van der Waals surface area contributed by atoms with E-state index in [0.717, 1.165) is 42.5 Å². The van der Waals surface area contributed by atoms with Gasteiger partial charge in [0, 0.05) is 0 Å². The van der Waals surface area contributed by atoms with Gasteiger partial charge < -0.3 is 0 Å². The van der Waals surface area contributed by atoms with Gasteiger partial charge in [0.1, 0.15) is 6.29 Å². The minimum absolute atomic E-state index is 0.494. The molecule has 5 unspecified atom stereocenters. The van der Waals surface area contributed by atoms with Crippen molar-refractivity contribution in [2.45, 2.75) is 72.6 Å². The quantitative estimate of drug-likeness (QED) is 0.590. The number of carbonyl (C=O) groups is 1. The first kappa shape index (κ1) is 15.3. The second-order valence-electron chi connectivity index (χ2n) is 9.06. The van der Waals surface area contributed by atoms with Crippen LogP contribution in [0.2, 0.25) is 0 Å². The van der Waals surface area contributed by atoms with Crippen LogP contribution < -0.4 is 0 Å². The summed E-state index contributed by atoms with van der Waals surface area (Å²) in [7, 11) is 0. The third-order valence-corrected chi connectivity index (χ3v) is 7.50. The summed E-state index contributed by atoms with van der Waals surface area (Å²) >= 11 is 0. The predicted molar refractivity (Wildman–Crippen MR) is 88.0 cm³/mol. The zero-order valence-corrected chi connectivity index (χ0v) is 14.3. The molecule has 0 bridgehead atoms. The number of fused-ring (bicyclic) bond motifs is 3. The van der Waals surface area contributed by atoms with Crippen LogP contribution >= 0.6 is 0 Å². The normalized spacial score (nSPS) is 45.8. The van der Waals surface area contributed by atoms with Crippen LogP contribution in [0.4, 0.5) is 0 Å². The fourth-order valence-electron chi connectivity index (χ4n) is 6.49. The minimum Gasteiger partial charge on any atom is -0.298 e. The third kappa shape index (κ3) is 2.41. The van der Waals surface area contributed by atoms with E-state index in [9.17, 15) is 4.79 Å². The molecule has 21 heavy (non-hydrogen) atoms. The van der Waals surface area contributed by atoms with Crippen molar-refractivity contribution in [3.05, 3.63) is 11.6 Å². The monoisotopic (exact) mass is 288 g/mol. The molecule has 0 aliphatic heterocycles. The van der Waals surface area contributed by atoms with Gasteiger partial charge in [0.15, 0.2) is 0 Å². The lowest BCUT2D eigenvalue weighted by molar-refractivity contribution is -0.106. The molecule has 0 heterocycles. The number of carbonyl (C=O) groups excluding carboxylic acids is 1. The van der Waals surface area contributed by atoms with Crippen molar-refractivity contribution in [2.24, 2.45) is 34.5 Å². The maximum atomic E-state index is 11.3. The first-order chi connectivity index (χ1) is 9.88. The third-order valence-electron chi connectivity index (χ3n) is 7.50. The Kier molecular flexibility index (Phi) is 3.83. The molecule has 1 nitrogen and oxygen atoms in total. The Hall–Kier alpha value is -0.590. The fourth-order valence-corrected chi connectivity index (χ4v) is 6.49. The maximum Gasteiger partial charge on any atom is 0.145 e. The molecule has 118 valence electrons. The van der Waals surface area contributed by atoms with Gasteiger partial charge in [-0.1, -0.05) is 40.2 Å². The summed E-state index contributed by atoms with van der Waals surface area (Å²) in [6.07, 6.45) is 12.5. The molecule has 0 amide bonds. The van der Waals surface area contributed by atoms with Crippen molar-refractivity contribution in [3.63, 3.8) is 0 Å². The molecule has 3 aliphatic carbocycles. The Morgan fingerprint density at radius 2 is 1.95 bits per heavy atom. The Morgan fingerprint density at radius 1 is 1.19 bits per heavy atom. The van der Waals surface area contributed by atoms with Crippen LogP contribution in [-0.2, 0) is 4.79 Å². The number of allylic oxidation sites excluding steroid dienone is 2. The first-order valence-electron chi connectivity index (χ1n) is 9.02. The maximum absolute atomic E-state index is 11.3. The van der Waals surface area contributed by atoms with Gasteiger partial charge in [-0.05, 0) is 78.6 Å². The van der Waals surface area contributed by atoms with Gasteiger partial charge in [-0.15, -0.1) is 0 Å². The molecule has 2 fully saturated rings. The van der Waals surface area contributed by atoms with Crippen molar-refractivity contribution in [3.8, 4) is 0 Å². The fraction of sp³-hybridized carbons (Fsp3) is 0.850. The molecule has 1 heteroatoms. The van der Waals surface area contributed by atoms with Crippen LogP contribution in [0.15, 0.2) is 11.6 Å². The predicted octanol–water partition coefficient (Wildman–Crippen LogP) is 5.40. The van der Waals surface area contributed by atoms with E-state index in [-0.39, 0.29) is 0 Å². The molecule has 3 rings (SSSR count). The van der Waals surface area contributed by atoms with Gasteiger partial charge >= 0.3 is 0 Å². The van der Waals surface area contributed by atoms with E-state index in [4.69, 9.17) is 0 Å². The van der Waals surface area contributed by atoms with Crippen molar-refractivity contribution < 1.29 is 4.79 Å². The van der Waals surface area contributed by atoms with Crippen LogP contribution in [0, 0.1) is 34.5 Å². The molecule has 0 saturated heterocycles. The Bertz CT molecular complexity index is 447. The Morgan fingerprint density at radius 3 is 2.67 bits per heavy atom. The van der Waals surface area contributed by atoms with E-state index in [0.29, 0.717) is 16.7 Å². The Labute approximate surface area is 130 Å². The second kappa shape index (κ2) is 5.25. The number of rotatable bonds is 1. The van der Waals surface area contributed by atoms with Crippen molar-refractivity contribution in [1.82, 2.24) is 0 Å². The first-order valence-corrected chi connectivity index (χ1v) is 9.02. The zero-order valence-electron chi connectivity index (χ0n) is 14.3. The molecule has 5 atom stereocenters. The summed E-state index contributed by atoms with van der Waals surface area (Å²) in [5, 5.41) is 0. The largest absolute Gasteiger partial charge is 0.298 e. The molecule has 2 saturated carbocycles. The lowest BCUT2D eigenvalue weighted by atomic mass is 9.45. The molecular formula is C20H32O. The summed E-state index contributed by atoms with van der Waals surface area (Å²) in [4.78, 5) is 11.3. The van der Waals surface area contributed by atoms with Gasteiger partial charge in [0.05, 0.1) is 0 Å². The highest BCUT2D eigenvalue weighted by Crippen LogP contribution is 2.63. The number of hydrogen-bond acceptors (Lipinski definition) is 1. The molecule has 0 radical (unpaired) electrons. The van der Waals surface area contributed by atoms with E-state index in [1.54, 1.807) is 0 Å². The average Bonchev–Trinajstić information content (AvgIpc) is 2.58. The topological polar surface area (TPSA) is 17.1 Å². The highest BCUT2D eigenvalue weighted by molar-refractivity contribution is 5.73. The molecule has 0 aromatic rings. The second-order valence-corrected chi connectivity index (χ2v) is 9.06. The van der Waals surface area contributed by atoms with Crippen LogP contribution in [0.5, 0.6) is 0 Å². The van der Waals surface area contributed by atoms with E-state index < -0.39 is 0 Å². The van der Waals surface area contributed by atoms with E-state index in [1.165, 1.54) is 32.1 Å². The highest BCUT2D eigenvalue weighted by atomic mass is 16.1. The molecule has 0 N–H and O–H groups in total. The lowest BCUT2D eigenvalue weighted by Gasteiger charge is -2.60. The molecule has 3 aliphatic rings. The van der Waals surface area contributed by atoms with Crippen LogP contribution in [0.25, 0.3) is 0 Å². The molecule has 0 aromatic heterocycles. The van der Waals surface area contributed by atoms with Crippen LogP contribution in [-0.4, -0.2) is 6.29 Å².